The highest BCUT2D eigenvalue weighted by Crippen LogP contribution is 2.22. The summed E-state index contributed by atoms with van der Waals surface area (Å²) >= 11 is 7.52. The van der Waals surface area contributed by atoms with E-state index in [1.165, 1.54) is 23.5 Å². The minimum atomic E-state index is 0.00919. The van der Waals surface area contributed by atoms with Gasteiger partial charge in [-0.25, -0.2) is 0 Å². The number of carbonyl (C=O) groups is 1. The van der Waals surface area contributed by atoms with Crippen LogP contribution < -0.4 is 0 Å². The molecule has 19 heavy (non-hydrogen) atoms. The van der Waals surface area contributed by atoms with Gasteiger partial charge < -0.3 is 0 Å². The van der Waals surface area contributed by atoms with Crippen molar-refractivity contribution < 1.29 is 4.79 Å². The van der Waals surface area contributed by atoms with Crippen molar-refractivity contribution in [2.24, 2.45) is 0 Å². The molecule has 5 heteroatoms. The van der Waals surface area contributed by atoms with Crippen LogP contribution in [-0.4, -0.2) is 21.3 Å². The molecule has 0 aliphatic heterocycles. The normalized spacial score (nSPS) is 10.7. The predicted molar refractivity (Wildman–Crippen MR) is 79.1 cm³/mol. The summed E-state index contributed by atoms with van der Waals surface area (Å²) in [6, 6.07) is 8.12. The zero-order valence-electron chi connectivity index (χ0n) is 10.9. The van der Waals surface area contributed by atoms with E-state index in [1.54, 1.807) is 4.68 Å². The lowest BCUT2D eigenvalue weighted by Gasteiger charge is -2.05. The molecule has 2 aromatic rings. The molecule has 0 amide bonds. The highest BCUT2D eigenvalue weighted by molar-refractivity contribution is 8.00. The number of aromatic nitrogens is 2. The second-order valence-corrected chi connectivity index (χ2v) is 5.64. The van der Waals surface area contributed by atoms with Crippen LogP contribution in [0, 0.1) is 6.92 Å². The molecule has 2 rings (SSSR count). The van der Waals surface area contributed by atoms with Crippen LogP contribution in [0.1, 0.15) is 23.0 Å². The third-order valence-electron chi connectivity index (χ3n) is 2.75. The van der Waals surface area contributed by atoms with Crippen LogP contribution in [0.2, 0.25) is 5.02 Å². The van der Waals surface area contributed by atoms with Gasteiger partial charge in [-0.05, 0) is 26.0 Å². The molecule has 1 heterocycles. The molecule has 3 nitrogen and oxygen atoms in total. The van der Waals surface area contributed by atoms with E-state index in [1.807, 2.05) is 38.1 Å². The number of Topliss-reactive ketones (excluding diaryl/α,β-unsaturated/α-hetero) is 1. The first-order valence-corrected chi connectivity index (χ1v) is 7.42. The van der Waals surface area contributed by atoms with Crippen LogP contribution in [0.4, 0.5) is 0 Å². The maximum atomic E-state index is 12.2. The van der Waals surface area contributed by atoms with Gasteiger partial charge in [0.15, 0.2) is 5.78 Å². The topological polar surface area (TPSA) is 34.9 Å². The summed E-state index contributed by atoms with van der Waals surface area (Å²) in [5.74, 6) is 0.379. The molecule has 0 radical (unpaired) electrons. The largest absolute Gasteiger partial charge is 0.291 e. The van der Waals surface area contributed by atoms with Crippen molar-refractivity contribution in [3.05, 3.63) is 46.7 Å². The van der Waals surface area contributed by atoms with Gasteiger partial charge in [0.2, 0.25) is 0 Å². The van der Waals surface area contributed by atoms with Crippen LogP contribution in [0.25, 0.3) is 0 Å². The van der Waals surface area contributed by atoms with E-state index in [9.17, 15) is 4.79 Å². The fourth-order valence-corrected chi connectivity index (χ4v) is 2.74. The molecule has 100 valence electrons. The first-order chi connectivity index (χ1) is 9.11. The summed E-state index contributed by atoms with van der Waals surface area (Å²) in [5.41, 5.74) is 1.71. The number of hydrogen-bond acceptors (Lipinski definition) is 3. The Morgan fingerprint density at radius 1 is 1.37 bits per heavy atom. The third kappa shape index (κ3) is 3.39. The Bertz CT molecular complexity index is 578. The minimum Gasteiger partial charge on any atom is -0.291 e. The summed E-state index contributed by atoms with van der Waals surface area (Å²) in [4.78, 5) is 13.3. The van der Waals surface area contributed by atoms with Crippen LogP contribution in [0.15, 0.2) is 35.4 Å². The monoisotopic (exact) mass is 294 g/mol. The molecule has 0 saturated heterocycles. The van der Waals surface area contributed by atoms with Gasteiger partial charge in [-0.3, -0.25) is 9.48 Å². The highest BCUT2D eigenvalue weighted by atomic mass is 35.5. The van der Waals surface area contributed by atoms with Crippen molar-refractivity contribution in [3.63, 3.8) is 0 Å². The van der Waals surface area contributed by atoms with E-state index < -0.39 is 0 Å². The number of rotatable bonds is 5. The van der Waals surface area contributed by atoms with Crippen molar-refractivity contribution in [3.8, 4) is 0 Å². The Labute approximate surface area is 122 Å². The molecule has 0 bridgehead atoms. The minimum absolute atomic E-state index is 0.00919. The predicted octanol–water partition coefficient (Wildman–Crippen LogP) is 3.84. The molecule has 1 aromatic heterocycles. The standard InChI is InChI=1S/C14H15ClN2OS/c1-3-17-14(12(15)8-16-17)13(18)9-19-11-6-4-10(2)5-7-11/h4-8H,3,9H2,1-2H3. The van der Waals surface area contributed by atoms with E-state index in [0.717, 1.165) is 4.90 Å². The van der Waals surface area contributed by atoms with Crippen molar-refractivity contribution in [1.82, 2.24) is 9.78 Å². The van der Waals surface area contributed by atoms with Crippen LogP contribution in [-0.2, 0) is 6.54 Å². The van der Waals surface area contributed by atoms with Crippen LogP contribution >= 0.6 is 23.4 Å². The molecule has 0 atom stereocenters. The second-order valence-electron chi connectivity index (χ2n) is 4.18. The van der Waals surface area contributed by atoms with E-state index in [-0.39, 0.29) is 5.78 Å². The lowest BCUT2D eigenvalue weighted by atomic mass is 10.2. The summed E-state index contributed by atoms with van der Waals surface area (Å²) < 4.78 is 1.64. The molecular weight excluding hydrogens is 280 g/mol. The van der Waals surface area contributed by atoms with E-state index in [0.29, 0.717) is 23.0 Å². The summed E-state index contributed by atoms with van der Waals surface area (Å²) in [6.45, 7) is 4.62. The smallest absolute Gasteiger partial charge is 0.192 e. The molecule has 0 aliphatic carbocycles. The molecule has 0 unspecified atom stereocenters. The summed E-state index contributed by atoms with van der Waals surface area (Å²) in [7, 11) is 0. The molecule has 0 saturated carbocycles. The fraction of sp³-hybridized carbons (Fsp3) is 0.286. The lowest BCUT2D eigenvalue weighted by molar-refractivity contribution is 0.101. The van der Waals surface area contributed by atoms with Gasteiger partial charge in [0.25, 0.3) is 0 Å². The SMILES string of the molecule is CCn1ncc(Cl)c1C(=O)CSc1ccc(C)cc1. The van der Waals surface area contributed by atoms with E-state index >= 15 is 0 Å². The van der Waals surface area contributed by atoms with Gasteiger partial charge >= 0.3 is 0 Å². The summed E-state index contributed by atoms with van der Waals surface area (Å²) in [6.07, 6.45) is 1.52. The first-order valence-electron chi connectivity index (χ1n) is 6.05. The average molecular weight is 295 g/mol. The molecule has 0 spiro atoms. The summed E-state index contributed by atoms with van der Waals surface area (Å²) in [5, 5.41) is 4.50. The second kappa shape index (κ2) is 6.26. The van der Waals surface area contributed by atoms with E-state index in [4.69, 9.17) is 11.6 Å². The molecule has 0 aliphatic rings. The molecular formula is C14H15ClN2OS. The Kier molecular flexibility index (Phi) is 4.66. The lowest BCUT2D eigenvalue weighted by Crippen LogP contribution is -2.11. The zero-order chi connectivity index (χ0) is 13.8. The van der Waals surface area contributed by atoms with E-state index in [2.05, 4.69) is 5.10 Å². The van der Waals surface area contributed by atoms with Crippen LogP contribution in [0.3, 0.4) is 0 Å². The number of halogens is 1. The number of carbonyl (C=O) groups excluding carboxylic acids is 1. The number of nitrogens with zero attached hydrogens (tertiary/aromatic N) is 2. The molecule has 1 aromatic carbocycles. The van der Waals surface area contributed by atoms with Crippen molar-refractivity contribution in [1.29, 1.82) is 0 Å². The van der Waals surface area contributed by atoms with Crippen LogP contribution in [0.5, 0.6) is 0 Å². The van der Waals surface area contributed by atoms with Gasteiger partial charge in [0, 0.05) is 11.4 Å². The quantitative estimate of drug-likeness (QED) is 0.621. The number of aryl methyl sites for hydroxylation is 2. The van der Waals surface area contributed by atoms with Crippen molar-refractivity contribution in [2.45, 2.75) is 25.3 Å². The fourth-order valence-electron chi connectivity index (χ4n) is 1.73. The Morgan fingerprint density at radius 2 is 2.05 bits per heavy atom. The molecule has 0 N–H and O–H groups in total. The number of thioether (sulfide) groups is 1. The average Bonchev–Trinajstić information content (AvgIpc) is 2.79. The number of ketones is 1. The maximum absolute atomic E-state index is 12.2. The zero-order valence-corrected chi connectivity index (χ0v) is 12.5. The maximum Gasteiger partial charge on any atom is 0.192 e. The number of benzene rings is 1. The van der Waals surface area contributed by atoms with Gasteiger partial charge in [0.05, 0.1) is 17.0 Å². The Morgan fingerprint density at radius 3 is 2.68 bits per heavy atom. The van der Waals surface area contributed by atoms with Gasteiger partial charge in [-0.2, -0.15) is 5.10 Å². The Balaban J connectivity index is 2.05. The van der Waals surface area contributed by atoms with Gasteiger partial charge in [0.1, 0.15) is 5.69 Å². The van der Waals surface area contributed by atoms with Crippen molar-refractivity contribution >= 4 is 29.1 Å². The molecule has 0 fully saturated rings. The third-order valence-corrected chi connectivity index (χ3v) is 4.04. The Hall–Kier alpha value is -1.26. The van der Waals surface area contributed by atoms with Gasteiger partial charge in [-0.15, -0.1) is 11.8 Å². The highest BCUT2D eigenvalue weighted by Gasteiger charge is 2.16. The number of hydrogen-bond donors (Lipinski definition) is 0. The van der Waals surface area contributed by atoms with Crippen molar-refractivity contribution in [2.75, 3.05) is 5.75 Å². The van der Waals surface area contributed by atoms with Gasteiger partial charge in [-0.1, -0.05) is 29.3 Å². The first kappa shape index (κ1) is 14.2.